The molecule has 0 saturated carbocycles. The van der Waals surface area contributed by atoms with Gasteiger partial charge in [-0.25, -0.2) is 9.97 Å². The van der Waals surface area contributed by atoms with Crippen LogP contribution in [0.25, 0.3) is 0 Å². The van der Waals surface area contributed by atoms with Crippen LogP contribution in [0.5, 0.6) is 6.01 Å². The lowest BCUT2D eigenvalue weighted by Crippen LogP contribution is -2.09. The molecule has 106 valence electrons. The molecule has 0 radical (unpaired) electrons. The zero-order chi connectivity index (χ0) is 14.7. The Morgan fingerprint density at radius 3 is 2.20 bits per heavy atom. The van der Waals surface area contributed by atoms with Crippen molar-refractivity contribution in [1.82, 2.24) is 24.9 Å². The normalized spacial score (nSPS) is 10.9. The van der Waals surface area contributed by atoms with Crippen molar-refractivity contribution in [2.45, 2.75) is 44.1 Å². The number of hydrogen-bond donors (Lipinski definition) is 0. The predicted octanol–water partition coefficient (Wildman–Crippen LogP) is 2.87. The van der Waals surface area contributed by atoms with Crippen LogP contribution in [0.1, 0.15) is 25.2 Å². The van der Waals surface area contributed by atoms with E-state index in [1.54, 1.807) is 0 Å². The number of ether oxygens (including phenoxy) is 1. The van der Waals surface area contributed by atoms with Gasteiger partial charge in [-0.1, -0.05) is 0 Å². The third-order valence-electron chi connectivity index (χ3n) is 2.05. The molecule has 20 heavy (non-hydrogen) atoms. The van der Waals surface area contributed by atoms with Gasteiger partial charge in [0.05, 0.1) is 6.10 Å². The van der Waals surface area contributed by atoms with Gasteiger partial charge in [-0.2, -0.15) is 15.0 Å². The highest BCUT2D eigenvalue weighted by Gasteiger charge is 2.11. The highest BCUT2D eigenvalue weighted by atomic mass is 35.5. The number of aromatic nitrogens is 5. The van der Waals surface area contributed by atoms with Crippen LogP contribution in [0.3, 0.4) is 0 Å². The molecule has 0 aromatic carbocycles. The first-order chi connectivity index (χ1) is 9.42. The lowest BCUT2D eigenvalue weighted by atomic mass is 10.4. The number of nitrogens with zero attached hydrogens (tertiary/aromatic N) is 5. The number of rotatable bonds is 4. The minimum atomic E-state index is -0.0382. The Hall–Kier alpha value is -1.47. The highest BCUT2D eigenvalue weighted by Crippen LogP contribution is 2.24. The van der Waals surface area contributed by atoms with Gasteiger partial charge in [-0.05, 0) is 57.1 Å². The van der Waals surface area contributed by atoms with Gasteiger partial charge in [0.2, 0.25) is 10.4 Å². The van der Waals surface area contributed by atoms with Gasteiger partial charge in [0.15, 0.2) is 5.16 Å². The summed E-state index contributed by atoms with van der Waals surface area (Å²) in [6, 6.07) is 2.10. The molecule has 0 N–H and O–H groups in total. The van der Waals surface area contributed by atoms with E-state index < -0.39 is 0 Å². The fraction of sp³-hybridized carbons (Fsp3) is 0.417. The van der Waals surface area contributed by atoms with E-state index in [4.69, 9.17) is 16.3 Å². The van der Waals surface area contributed by atoms with E-state index in [1.165, 1.54) is 11.8 Å². The second-order valence-electron chi connectivity index (χ2n) is 4.37. The Kier molecular flexibility index (Phi) is 4.72. The molecule has 2 aromatic heterocycles. The van der Waals surface area contributed by atoms with Crippen LogP contribution in [0.4, 0.5) is 0 Å². The van der Waals surface area contributed by atoms with Crippen molar-refractivity contribution >= 4 is 23.4 Å². The Morgan fingerprint density at radius 1 is 1.00 bits per heavy atom. The van der Waals surface area contributed by atoms with Crippen molar-refractivity contribution in [3.8, 4) is 6.01 Å². The maximum atomic E-state index is 5.87. The largest absolute Gasteiger partial charge is 0.461 e. The molecule has 0 fully saturated rings. The Bertz CT molecular complexity index is 603. The molecule has 0 bridgehead atoms. The maximum absolute atomic E-state index is 5.87. The van der Waals surface area contributed by atoms with Crippen LogP contribution in [-0.4, -0.2) is 31.0 Å². The van der Waals surface area contributed by atoms with Crippen molar-refractivity contribution in [1.29, 1.82) is 0 Å². The van der Waals surface area contributed by atoms with Crippen LogP contribution < -0.4 is 4.74 Å². The zero-order valence-corrected chi connectivity index (χ0v) is 13.2. The van der Waals surface area contributed by atoms with E-state index in [2.05, 4.69) is 24.9 Å². The average molecular weight is 312 g/mol. The first-order valence-electron chi connectivity index (χ1n) is 6.01. The molecule has 0 atom stereocenters. The first-order valence-corrected chi connectivity index (χ1v) is 7.20. The molecule has 0 saturated heterocycles. The van der Waals surface area contributed by atoms with Crippen LogP contribution >= 0.6 is 23.4 Å². The van der Waals surface area contributed by atoms with Crippen LogP contribution in [0.2, 0.25) is 5.28 Å². The molecule has 2 aromatic rings. The first kappa shape index (κ1) is 14.9. The third-order valence-corrected chi connectivity index (χ3v) is 2.95. The van der Waals surface area contributed by atoms with E-state index in [0.717, 1.165) is 11.4 Å². The van der Waals surface area contributed by atoms with E-state index in [0.29, 0.717) is 10.3 Å². The second-order valence-corrected chi connectivity index (χ2v) is 5.64. The summed E-state index contributed by atoms with van der Waals surface area (Å²) in [5, 5.41) is 1.06. The van der Waals surface area contributed by atoms with Crippen molar-refractivity contribution in [3.05, 3.63) is 22.7 Å². The van der Waals surface area contributed by atoms with E-state index >= 15 is 0 Å². The van der Waals surface area contributed by atoms with Gasteiger partial charge >= 0.3 is 6.01 Å². The lowest BCUT2D eigenvalue weighted by Gasteiger charge is -2.08. The molecule has 0 aliphatic heterocycles. The minimum Gasteiger partial charge on any atom is -0.461 e. The van der Waals surface area contributed by atoms with E-state index in [-0.39, 0.29) is 17.4 Å². The van der Waals surface area contributed by atoms with Gasteiger partial charge in [0.1, 0.15) is 0 Å². The average Bonchev–Trinajstić information content (AvgIpc) is 2.24. The Balaban J connectivity index is 2.26. The molecule has 8 heteroatoms. The minimum absolute atomic E-state index is 0.0382. The van der Waals surface area contributed by atoms with Crippen molar-refractivity contribution < 1.29 is 4.74 Å². The molecule has 0 aliphatic carbocycles. The summed E-state index contributed by atoms with van der Waals surface area (Å²) < 4.78 is 5.42. The van der Waals surface area contributed by atoms with Crippen molar-refractivity contribution in [2.75, 3.05) is 0 Å². The molecule has 0 aliphatic rings. The van der Waals surface area contributed by atoms with Gasteiger partial charge in [0, 0.05) is 11.4 Å². The summed E-state index contributed by atoms with van der Waals surface area (Å²) >= 11 is 7.09. The second kappa shape index (κ2) is 6.32. The molecule has 0 amide bonds. The topological polar surface area (TPSA) is 73.7 Å². The van der Waals surface area contributed by atoms with Gasteiger partial charge in [0.25, 0.3) is 0 Å². The Labute approximate surface area is 126 Å². The summed E-state index contributed by atoms with van der Waals surface area (Å²) in [7, 11) is 0. The predicted molar refractivity (Wildman–Crippen MR) is 76.2 cm³/mol. The highest BCUT2D eigenvalue weighted by molar-refractivity contribution is 7.99. The van der Waals surface area contributed by atoms with Crippen LogP contribution in [-0.2, 0) is 0 Å². The summed E-state index contributed by atoms with van der Waals surface area (Å²) in [5.74, 6) is 0. The van der Waals surface area contributed by atoms with Crippen molar-refractivity contribution in [3.63, 3.8) is 0 Å². The van der Waals surface area contributed by atoms with E-state index in [9.17, 15) is 0 Å². The fourth-order valence-electron chi connectivity index (χ4n) is 1.44. The zero-order valence-electron chi connectivity index (χ0n) is 11.6. The molecular weight excluding hydrogens is 298 g/mol. The fourth-order valence-corrected chi connectivity index (χ4v) is 2.45. The van der Waals surface area contributed by atoms with Crippen LogP contribution in [0.15, 0.2) is 16.4 Å². The van der Waals surface area contributed by atoms with Gasteiger partial charge in [-0.15, -0.1) is 0 Å². The maximum Gasteiger partial charge on any atom is 0.322 e. The summed E-state index contributed by atoms with van der Waals surface area (Å²) in [6.07, 6.45) is -0.0382. The van der Waals surface area contributed by atoms with Crippen LogP contribution in [0, 0.1) is 13.8 Å². The molecule has 2 rings (SSSR count). The molecule has 0 unspecified atom stereocenters. The lowest BCUT2D eigenvalue weighted by molar-refractivity contribution is 0.219. The summed E-state index contributed by atoms with van der Waals surface area (Å²) in [4.78, 5) is 20.8. The SMILES string of the molecule is Cc1cc(C)nc(Sc2nc(Cl)nc(OC(C)C)n2)n1. The standard InChI is InChI=1S/C12H14ClN5OS/c1-6(2)19-10-16-9(13)17-12(18-10)20-11-14-7(3)5-8(4)15-11/h5-6H,1-4H3. The monoisotopic (exact) mass is 311 g/mol. The number of aryl methyl sites for hydroxylation is 2. The molecular formula is C12H14ClN5OS. The number of halogens is 1. The smallest absolute Gasteiger partial charge is 0.322 e. The van der Waals surface area contributed by atoms with Gasteiger partial charge in [-0.3, -0.25) is 0 Å². The summed E-state index contributed by atoms with van der Waals surface area (Å²) in [5.41, 5.74) is 1.78. The molecule has 2 heterocycles. The van der Waals surface area contributed by atoms with Gasteiger partial charge < -0.3 is 4.74 Å². The Morgan fingerprint density at radius 2 is 1.60 bits per heavy atom. The van der Waals surface area contributed by atoms with Crippen molar-refractivity contribution in [2.24, 2.45) is 0 Å². The van der Waals surface area contributed by atoms with E-state index in [1.807, 2.05) is 33.8 Å². The third kappa shape index (κ3) is 4.28. The summed E-state index contributed by atoms with van der Waals surface area (Å²) in [6.45, 7) is 7.59. The quantitative estimate of drug-likeness (QED) is 0.804. The number of hydrogen-bond acceptors (Lipinski definition) is 7. The molecule has 0 spiro atoms. The molecule has 6 nitrogen and oxygen atoms in total.